The van der Waals surface area contributed by atoms with Gasteiger partial charge in [0.25, 0.3) is 0 Å². The second-order valence-electron chi connectivity index (χ2n) is 9.70. The Balaban J connectivity index is 1.63. The highest BCUT2D eigenvalue weighted by atomic mass is 19.4. The Morgan fingerprint density at radius 2 is 1.88 bits per heavy atom. The summed E-state index contributed by atoms with van der Waals surface area (Å²) in [6.07, 6.45) is 3.33. The first-order valence-corrected chi connectivity index (χ1v) is 10.1. The van der Waals surface area contributed by atoms with Gasteiger partial charge in [0.2, 0.25) is 5.78 Å². The van der Waals surface area contributed by atoms with E-state index in [1.807, 2.05) is 6.08 Å². The summed E-state index contributed by atoms with van der Waals surface area (Å²) in [5, 5.41) is 10.5. The number of halogens is 3. The highest BCUT2D eigenvalue weighted by Gasteiger charge is 2.59. The first-order valence-electron chi connectivity index (χ1n) is 10.1. The summed E-state index contributed by atoms with van der Waals surface area (Å²) in [6, 6.07) is 0. The average molecular weight is 370 g/mol. The van der Waals surface area contributed by atoms with Crippen molar-refractivity contribution in [3.8, 4) is 0 Å². The molecule has 0 saturated heterocycles. The van der Waals surface area contributed by atoms with Crippen molar-refractivity contribution in [3.63, 3.8) is 0 Å². The maximum atomic E-state index is 13.0. The minimum absolute atomic E-state index is 0.0331. The molecule has 0 bridgehead atoms. The van der Waals surface area contributed by atoms with E-state index in [9.17, 15) is 23.1 Å². The highest BCUT2D eigenvalue weighted by Crippen LogP contribution is 2.65. The summed E-state index contributed by atoms with van der Waals surface area (Å²) in [5.74, 6) is -1.20. The third kappa shape index (κ3) is 2.52. The van der Waals surface area contributed by atoms with Crippen molar-refractivity contribution in [1.82, 2.24) is 0 Å². The molecule has 5 heteroatoms. The van der Waals surface area contributed by atoms with E-state index in [-0.39, 0.29) is 23.4 Å². The number of carbonyl (C=O) groups is 1. The molecule has 0 radical (unpaired) electrons. The van der Waals surface area contributed by atoms with Gasteiger partial charge in [-0.15, -0.1) is 0 Å². The summed E-state index contributed by atoms with van der Waals surface area (Å²) in [6.45, 7) is 4.32. The molecule has 4 rings (SSSR count). The number of hydrogen-bond donors (Lipinski definition) is 1. The molecule has 0 aromatic heterocycles. The van der Waals surface area contributed by atoms with Gasteiger partial charge in [0, 0.05) is 5.92 Å². The van der Waals surface area contributed by atoms with Gasteiger partial charge < -0.3 is 5.11 Å². The molecular weight excluding hydrogens is 341 g/mol. The van der Waals surface area contributed by atoms with Gasteiger partial charge >= 0.3 is 6.18 Å². The Hall–Kier alpha value is -0.840. The normalized spacial score (nSPS) is 48.2. The van der Waals surface area contributed by atoms with Crippen molar-refractivity contribution in [3.05, 3.63) is 11.6 Å². The van der Waals surface area contributed by atoms with Gasteiger partial charge in [-0.2, -0.15) is 13.2 Å². The van der Waals surface area contributed by atoms with Crippen molar-refractivity contribution >= 4 is 5.78 Å². The van der Waals surface area contributed by atoms with Gasteiger partial charge in [0.1, 0.15) is 0 Å². The van der Waals surface area contributed by atoms with E-state index in [4.69, 9.17) is 0 Å². The predicted molar refractivity (Wildman–Crippen MR) is 92.3 cm³/mol. The Morgan fingerprint density at radius 3 is 2.58 bits per heavy atom. The van der Waals surface area contributed by atoms with E-state index in [2.05, 4.69) is 13.8 Å². The summed E-state index contributed by atoms with van der Waals surface area (Å²) in [5.41, 5.74) is 0.961. The van der Waals surface area contributed by atoms with E-state index in [0.29, 0.717) is 24.2 Å². The standard InChI is InChI=1S/C21H29F3O2/c1-19-10-9-16-14(15(19)7-8-17(19)25)6-5-13-4-3-12(11-20(13,16)2)18(26)21(22,23)24/h4,12,14-17,25H,3,5-11H2,1-2H3/t12?,14-,15-,16-,17-,19-,20-/m0/s1. The van der Waals surface area contributed by atoms with Crippen LogP contribution in [-0.2, 0) is 4.79 Å². The Labute approximate surface area is 153 Å². The fourth-order valence-corrected chi connectivity index (χ4v) is 7.23. The Morgan fingerprint density at radius 1 is 1.15 bits per heavy atom. The number of Topliss-reactive ketones (excluding diaryl/α,β-unsaturated/α-hetero) is 1. The van der Waals surface area contributed by atoms with Gasteiger partial charge in [-0.25, -0.2) is 0 Å². The Kier molecular flexibility index (Phi) is 4.15. The van der Waals surface area contributed by atoms with Crippen LogP contribution in [0.2, 0.25) is 0 Å². The molecule has 26 heavy (non-hydrogen) atoms. The van der Waals surface area contributed by atoms with Crippen molar-refractivity contribution in [2.75, 3.05) is 0 Å². The quantitative estimate of drug-likeness (QED) is 0.655. The van der Waals surface area contributed by atoms with Crippen LogP contribution in [0.25, 0.3) is 0 Å². The number of aliphatic hydroxyl groups excluding tert-OH is 1. The molecule has 0 aromatic rings. The largest absolute Gasteiger partial charge is 0.450 e. The molecule has 0 aromatic carbocycles. The molecule has 7 atom stereocenters. The zero-order valence-electron chi connectivity index (χ0n) is 15.6. The van der Waals surface area contributed by atoms with Crippen LogP contribution in [0, 0.1) is 34.5 Å². The van der Waals surface area contributed by atoms with E-state index in [0.717, 1.165) is 38.5 Å². The zero-order chi connectivity index (χ0) is 18.9. The first kappa shape index (κ1) is 18.5. The lowest BCUT2D eigenvalue weighted by Gasteiger charge is -2.58. The van der Waals surface area contributed by atoms with Crippen LogP contribution in [0.3, 0.4) is 0 Å². The monoisotopic (exact) mass is 370 g/mol. The fraction of sp³-hybridized carbons (Fsp3) is 0.857. The number of alkyl halides is 3. The fourth-order valence-electron chi connectivity index (χ4n) is 7.23. The molecular formula is C21H29F3O2. The summed E-state index contributed by atoms with van der Waals surface area (Å²) >= 11 is 0. The van der Waals surface area contributed by atoms with Crippen LogP contribution < -0.4 is 0 Å². The second-order valence-corrected chi connectivity index (χ2v) is 9.70. The number of aliphatic hydroxyl groups is 1. The van der Waals surface area contributed by atoms with Crippen molar-refractivity contribution in [2.45, 2.75) is 77.5 Å². The number of fused-ring (bicyclic) bond motifs is 5. The summed E-state index contributed by atoms with van der Waals surface area (Å²) in [7, 11) is 0. The molecule has 1 N–H and O–H groups in total. The maximum Gasteiger partial charge on any atom is 0.450 e. The SMILES string of the molecule is C[C@]12CC[C@H]3[C@@H](CCC4=CCC(C(=O)C(F)(F)F)C[C@@]43C)[C@@H]1CC[C@@H]2O. The molecule has 0 amide bonds. The smallest absolute Gasteiger partial charge is 0.393 e. The van der Waals surface area contributed by atoms with Crippen molar-refractivity contribution in [1.29, 1.82) is 0 Å². The predicted octanol–water partition coefficient (Wildman–Crippen LogP) is 5.06. The lowest BCUT2D eigenvalue weighted by atomic mass is 9.46. The molecule has 2 nitrogen and oxygen atoms in total. The van der Waals surface area contributed by atoms with Gasteiger partial charge in [0.05, 0.1) is 6.10 Å². The zero-order valence-corrected chi connectivity index (χ0v) is 15.6. The third-order valence-electron chi connectivity index (χ3n) is 8.66. The lowest BCUT2D eigenvalue weighted by Crippen LogP contribution is -2.52. The topological polar surface area (TPSA) is 37.3 Å². The second kappa shape index (κ2) is 5.83. The van der Waals surface area contributed by atoms with E-state index in [1.54, 1.807) is 0 Å². The number of ketones is 1. The van der Waals surface area contributed by atoms with Gasteiger partial charge in [-0.1, -0.05) is 25.5 Å². The van der Waals surface area contributed by atoms with Gasteiger partial charge in [-0.3, -0.25) is 4.79 Å². The van der Waals surface area contributed by atoms with Gasteiger partial charge in [0.15, 0.2) is 0 Å². The molecule has 0 aliphatic heterocycles. The van der Waals surface area contributed by atoms with Crippen LogP contribution >= 0.6 is 0 Å². The number of hydrogen-bond acceptors (Lipinski definition) is 2. The van der Waals surface area contributed by atoms with Crippen molar-refractivity contribution < 1.29 is 23.1 Å². The van der Waals surface area contributed by atoms with Crippen LogP contribution in [0.15, 0.2) is 11.6 Å². The van der Waals surface area contributed by atoms with E-state index >= 15 is 0 Å². The van der Waals surface area contributed by atoms with E-state index < -0.39 is 17.9 Å². The molecule has 0 spiro atoms. The lowest BCUT2D eigenvalue weighted by molar-refractivity contribution is -0.177. The molecule has 146 valence electrons. The number of carbonyl (C=O) groups excluding carboxylic acids is 1. The highest BCUT2D eigenvalue weighted by molar-refractivity contribution is 5.86. The molecule has 3 saturated carbocycles. The van der Waals surface area contributed by atoms with Crippen LogP contribution in [0.5, 0.6) is 0 Å². The molecule has 4 aliphatic rings. The first-order chi connectivity index (χ1) is 12.1. The van der Waals surface area contributed by atoms with Crippen molar-refractivity contribution in [2.24, 2.45) is 34.5 Å². The van der Waals surface area contributed by atoms with Gasteiger partial charge in [-0.05, 0) is 80.0 Å². The number of allylic oxidation sites excluding steroid dienone is 2. The maximum absolute atomic E-state index is 13.0. The minimum Gasteiger partial charge on any atom is -0.393 e. The van der Waals surface area contributed by atoms with Crippen LogP contribution in [-0.4, -0.2) is 23.2 Å². The third-order valence-corrected chi connectivity index (χ3v) is 8.66. The van der Waals surface area contributed by atoms with Crippen LogP contribution in [0.1, 0.15) is 65.2 Å². The van der Waals surface area contributed by atoms with Crippen LogP contribution in [0.4, 0.5) is 13.2 Å². The minimum atomic E-state index is -4.73. The van der Waals surface area contributed by atoms with E-state index in [1.165, 1.54) is 5.57 Å². The molecule has 3 fully saturated rings. The molecule has 4 aliphatic carbocycles. The summed E-state index contributed by atoms with van der Waals surface area (Å²) < 4.78 is 39.0. The molecule has 0 heterocycles. The number of rotatable bonds is 1. The molecule has 1 unspecified atom stereocenters. The summed E-state index contributed by atoms with van der Waals surface area (Å²) in [4.78, 5) is 11.9. The average Bonchev–Trinajstić information content (AvgIpc) is 2.87. The Bertz CT molecular complexity index is 640.